The largest absolute Gasteiger partial charge is 0.307 e. The molecule has 2 nitrogen and oxygen atoms in total. The number of benzene rings is 6. The molecule has 0 unspecified atom stereocenters. The number of fused-ring (bicyclic) bond motifs is 11. The third kappa shape index (κ3) is 3.78. The second-order valence-corrected chi connectivity index (χ2v) is 16.5. The van der Waals surface area contributed by atoms with Gasteiger partial charge in [-0.3, -0.25) is 0 Å². The van der Waals surface area contributed by atoms with Gasteiger partial charge in [0.25, 0.3) is 0 Å². The van der Waals surface area contributed by atoms with E-state index in [0.29, 0.717) is 0 Å². The minimum Gasteiger partial charge on any atom is -0.307 e. The first kappa shape index (κ1) is 28.9. The fourth-order valence-corrected chi connectivity index (χ4v) is 9.55. The van der Waals surface area contributed by atoms with E-state index in [1.54, 1.807) is 0 Å². The molecule has 0 fully saturated rings. The van der Waals surface area contributed by atoms with Crippen molar-refractivity contribution in [2.24, 2.45) is 0 Å². The Hall–Kier alpha value is -5.08. The fourth-order valence-electron chi connectivity index (χ4n) is 9.55. The molecule has 10 rings (SSSR count). The SMILES string of the molecule is CC1(C)CCC(C)(C)c2cc3c(cc21)c1ccc2c4ccccc4n(-c4ccccc4)c2c1n3-c1ccc2c(c1)C(C)(C)c1ccccc1-2. The highest BCUT2D eigenvalue weighted by Crippen LogP contribution is 2.52. The Kier molecular flexibility index (Phi) is 5.62. The van der Waals surface area contributed by atoms with Crippen molar-refractivity contribution in [2.75, 3.05) is 0 Å². The molecule has 0 aliphatic heterocycles. The molecule has 0 radical (unpaired) electrons. The van der Waals surface area contributed by atoms with Crippen LogP contribution in [-0.4, -0.2) is 9.13 Å². The van der Waals surface area contributed by atoms with E-state index in [-0.39, 0.29) is 16.2 Å². The maximum atomic E-state index is 2.61. The Labute approximate surface area is 288 Å². The smallest absolute Gasteiger partial charge is 0.0788 e. The molecule has 49 heavy (non-hydrogen) atoms. The molecule has 0 saturated carbocycles. The van der Waals surface area contributed by atoms with Crippen LogP contribution < -0.4 is 0 Å². The van der Waals surface area contributed by atoms with Crippen molar-refractivity contribution in [1.82, 2.24) is 9.13 Å². The number of aromatic nitrogens is 2. The topological polar surface area (TPSA) is 9.86 Å². The van der Waals surface area contributed by atoms with Gasteiger partial charge in [0.2, 0.25) is 0 Å². The number of hydrogen-bond acceptors (Lipinski definition) is 0. The highest BCUT2D eigenvalue weighted by atomic mass is 15.0. The summed E-state index contributed by atoms with van der Waals surface area (Å²) in [6.07, 6.45) is 2.39. The van der Waals surface area contributed by atoms with E-state index >= 15 is 0 Å². The van der Waals surface area contributed by atoms with Gasteiger partial charge in [0.15, 0.2) is 0 Å². The van der Waals surface area contributed by atoms with Gasteiger partial charge in [-0.1, -0.05) is 120 Å². The Morgan fingerprint density at radius 3 is 1.76 bits per heavy atom. The van der Waals surface area contributed by atoms with Gasteiger partial charge in [0.05, 0.1) is 22.1 Å². The monoisotopic (exact) mass is 634 g/mol. The van der Waals surface area contributed by atoms with Crippen molar-refractivity contribution in [3.8, 4) is 22.5 Å². The van der Waals surface area contributed by atoms with Crippen LogP contribution in [0, 0.1) is 0 Å². The summed E-state index contributed by atoms with van der Waals surface area (Å²) in [6, 6.07) is 46.0. The Bertz CT molecular complexity index is 2680. The molecule has 8 aromatic rings. The van der Waals surface area contributed by atoms with Crippen molar-refractivity contribution in [1.29, 1.82) is 0 Å². The van der Waals surface area contributed by atoms with E-state index in [1.165, 1.54) is 101 Å². The van der Waals surface area contributed by atoms with E-state index in [2.05, 4.69) is 172 Å². The normalized spacial score (nSPS) is 17.1. The lowest BCUT2D eigenvalue weighted by Crippen LogP contribution is -2.33. The molecule has 6 aromatic carbocycles. The maximum Gasteiger partial charge on any atom is 0.0788 e. The van der Waals surface area contributed by atoms with Gasteiger partial charge in [-0.15, -0.1) is 0 Å². The Balaban J connectivity index is 1.41. The summed E-state index contributed by atoms with van der Waals surface area (Å²) >= 11 is 0. The lowest BCUT2D eigenvalue weighted by Gasteiger charge is -2.42. The molecule has 2 aliphatic carbocycles. The van der Waals surface area contributed by atoms with Crippen LogP contribution in [0.2, 0.25) is 0 Å². The summed E-state index contributed by atoms with van der Waals surface area (Å²) in [5, 5.41) is 5.23. The first-order chi connectivity index (χ1) is 23.6. The van der Waals surface area contributed by atoms with Crippen molar-refractivity contribution in [3.05, 3.63) is 144 Å². The first-order valence-corrected chi connectivity index (χ1v) is 17.9. The zero-order valence-electron chi connectivity index (χ0n) is 29.4. The number of nitrogens with zero attached hydrogens (tertiary/aromatic N) is 2. The summed E-state index contributed by atoms with van der Waals surface area (Å²) < 4.78 is 5.12. The zero-order chi connectivity index (χ0) is 33.4. The van der Waals surface area contributed by atoms with Crippen LogP contribution >= 0.6 is 0 Å². The predicted molar refractivity (Wildman–Crippen MR) is 208 cm³/mol. The van der Waals surface area contributed by atoms with E-state index in [1.807, 2.05) is 0 Å². The van der Waals surface area contributed by atoms with Gasteiger partial charge in [-0.2, -0.15) is 0 Å². The Morgan fingerprint density at radius 1 is 0.408 bits per heavy atom. The molecule has 0 N–H and O–H groups in total. The van der Waals surface area contributed by atoms with E-state index in [0.717, 1.165) is 0 Å². The first-order valence-electron chi connectivity index (χ1n) is 17.9. The summed E-state index contributed by atoms with van der Waals surface area (Å²) in [5.74, 6) is 0. The van der Waals surface area contributed by atoms with E-state index in [9.17, 15) is 0 Å². The molecule has 240 valence electrons. The van der Waals surface area contributed by atoms with Crippen molar-refractivity contribution in [2.45, 2.75) is 70.6 Å². The van der Waals surface area contributed by atoms with Gasteiger partial charge in [-0.05, 0) is 99.5 Å². The standard InChI is InChI=1S/C47H42N2/c1-45(2)24-25-46(3,4)40-28-42-36(27-39(40)45)35-23-22-34-33-17-11-13-19-41(33)48(29-14-8-7-9-15-29)43(34)44(35)49(42)30-20-21-32-31-16-10-12-18-37(31)47(5,6)38(32)26-30/h7-23,26-28H,24-25H2,1-6H3. The third-order valence-electron chi connectivity index (χ3n) is 12.4. The van der Waals surface area contributed by atoms with Crippen LogP contribution in [0.15, 0.2) is 121 Å². The van der Waals surface area contributed by atoms with Gasteiger partial charge < -0.3 is 9.13 Å². The van der Waals surface area contributed by atoms with Crippen LogP contribution in [0.25, 0.3) is 66.1 Å². The Morgan fingerprint density at radius 2 is 1.00 bits per heavy atom. The summed E-state index contributed by atoms with van der Waals surface area (Å²) in [4.78, 5) is 0. The number of para-hydroxylation sites is 2. The lowest BCUT2D eigenvalue weighted by atomic mass is 9.63. The maximum absolute atomic E-state index is 2.61. The van der Waals surface area contributed by atoms with Crippen LogP contribution in [0.4, 0.5) is 0 Å². The second-order valence-electron chi connectivity index (χ2n) is 16.5. The molecule has 0 amide bonds. The second kappa shape index (κ2) is 9.54. The average Bonchev–Trinajstić information content (AvgIpc) is 3.70. The molecule has 2 aliphatic rings. The van der Waals surface area contributed by atoms with Crippen molar-refractivity contribution >= 4 is 43.6 Å². The molecule has 2 heteroatoms. The third-order valence-corrected chi connectivity index (χ3v) is 12.4. The minimum atomic E-state index is -0.0832. The molecular formula is C47H42N2. The molecular weight excluding hydrogens is 593 g/mol. The molecule has 0 saturated heterocycles. The molecule has 0 atom stereocenters. The van der Waals surface area contributed by atoms with E-state index in [4.69, 9.17) is 0 Å². The zero-order valence-corrected chi connectivity index (χ0v) is 29.4. The summed E-state index contributed by atoms with van der Waals surface area (Å²) in [5.41, 5.74) is 16.2. The molecule has 2 aromatic heterocycles. The quantitative estimate of drug-likeness (QED) is 0.179. The summed E-state index contributed by atoms with van der Waals surface area (Å²) in [7, 11) is 0. The van der Waals surface area contributed by atoms with Crippen molar-refractivity contribution in [3.63, 3.8) is 0 Å². The van der Waals surface area contributed by atoms with Crippen LogP contribution in [0.3, 0.4) is 0 Å². The number of rotatable bonds is 2. The predicted octanol–water partition coefficient (Wildman–Crippen LogP) is 12.5. The van der Waals surface area contributed by atoms with Crippen LogP contribution in [0.1, 0.15) is 76.6 Å². The minimum absolute atomic E-state index is 0.0832. The van der Waals surface area contributed by atoms with Gasteiger partial charge in [0.1, 0.15) is 0 Å². The molecule has 0 spiro atoms. The molecule has 2 heterocycles. The fraction of sp³-hybridized carbons (Fsp3) is 0.234. The summed E-state index contributed by atoms with van der Waals surface area (Å²) in [6.45, 7) is 14.6. The van der Waals surface area contributed by atoms with Crippen molar-refractivity contribution < 1.29 is 0 Å². The van der Waals surface area contributed by atoms with Crippen LogP contribution in [0.5, 0.6) is 0 Å². The number of hydrogen-bond donors (Lipinski definition) is 0. The molecule has 0 bridgehead atoms. The van der Waals surface area contributed by atoms with Gasteiger partial charge in [0, 0.05) is 38.3 Å². The van der Waals surface area contributed by atoms with Gasteiger partial charge in [-0.25, -0.2) is 0 Å². The van der Waals surface area contributed by atoms with E-state index < -0.39 is 0 Å². The average molecular weight is 635 g/mol. The van der Waals surface area contributed by atoms with Gasteiger partial charge >= 0.3 is 0 Å². The lowest BCUT2D eigenvalue weighted by molar-refractivity contribution is 0.332. The highest BCUT2D eigenvalue weighted by Gasteiger charge is 2.39. The highest BCUT2D eigenvalue weighted by molar-refractivity contribution is 6.24. The van der Waals surface area contributed by atoms with Crippen LogP contribution in [-0.2, 0) is 16.2 Å².